The van der Waals surface area contributed by atoms with Crippen LogP contribution in [0.5, 0.6) is 11.6 Å². The number of fused-ring (bicyclic) bond motifs is 1. The normalized spacial score (nSPS) is 13.2. The van der Waals surface area contributed by atoms with Crippen molar-refractivity contribution in [2.45, 2.75) is 38.2 Å². The molecule has 2 unspecified atom stereocenters. The molecule has 5 aromatic rings. The third-order valence-electron chi connectivity index (χ3n) is 6.06. The fraction of sp³-hybridized carbons (Fsp3) is 0.259. The number of hydrogen-bond acceptors (Lipinski definition) is 9. The maximum atomic E-state index is 13.6. The highest BCUT2D eigenvalue weighted by molar-refractivity contribution is 9.10. The summed E-state index contributed by atoms with van der Waals surface area (Å²) in [7, 11) is 6.58. The lowest BCUT2D eigenvalue weighted by molar-refractivity contribution is -0.151. The number of carbonyl (C=O) groups is 1. The Labute approximate surface area is 255 Å². The maximum absolute atomic E-state index is 13.6. The number of aromatic nitrogens is 4. The van der Waals surface area contributed by atoms with Crippen molar-refractivity contribution in [1.82, 2.24) is 19.7 Å². The van der Waals surface area contributed by atoms with Crippen LogP contribution in [0.1, 0.15) is 24.0 Å². The Hall–Kier alpha value is -3.92. The van der Waals surface area contributed by atoms with Crippen molar-refractivity contribution >= 4 is 51.3 Å². The first-order chi connectivity index (χ1) is 20.6. The van der Waals surface area contributed by atoms with E-state index in [1.54, 1.807) is 31.2 Å². The van der Waals surface area contributed by atoms with E-state index >= 15 is 0 Å². The SMILES string of the molecule is [B]C(c1ccccc1OCc1ccnn1CC(F)(F)F)C(Oc1ncnc2sc(-c3ccc(F)o3)c(Br)c12)C(=O)OCC. The molecule has 4 heterocycles. The summed E-state index contributed by atoms with van der Waals surface area (Å²) in [5, 5.41) is 4.11. The summed E-state index contributed by atoms with van der Waals surface area (Å²) in [5.41, 5.74) is 0.501. The number of furan rings is 1. The fourth-order valence-corrected chi connectivity index (χ4v) is 6.08. The second-order valence-electron chi connectivity index (χ2n) is 8.95. The van der Waals surface area contributed by atoms with E-state index in [4.69, 9.17) is 26.5 Å². The van der Waals surface area contributed by atoms with Gasteiger partial charge in [0.1, 0.15) is 35.8 Å². The molecule has 0 saturated heterocycles. The zero-order chi connectivity index (χ0) is 30.7. The third-order valence-corrected chi connectivity index (χ3v) is 8.23. The van der Waals surface area contributed by atoms with E-state index in [9.17, 15) is 22.4 Å². The van der Waals surface area contributed by atoms with E-state index in [0.717, 1.165) is 4.68 Å². The van der Waals surface area contributed by atoms with Gasteiger partial charge < -0.3 is 18.6 Å². The molecule has 4 aromatic heterocycles. The van der Waals surface area contributed by atoms with E-state index < -0.39 is 36.6 Å². The van der Waals surface area contributed by atoms with Gasteiger partial charge in [-0.05, 0) is 52.4 Å². The zero-order valence-corrected chi connectivity index (χ0v) is 24.6. The lowest BCUT2D eigenvalue weighted by Crippen LogP contribution is -2.36. The zero-order valence-electron chi connectivity index (χ0n) is 22.2. The van der Waals surface area contributed by atoms with Crippen molar-refractivity contribution in [2.24, 2.45) is 0 Å². The summed E-state index contributed by atoms with van der Waals surface area (Å²) in [6.07, 6.45) is -3.42. The molecule has 0 saturated carbocycles. The molecular weight excluding hydrogens is 659 g/mol. The van der Waals surface area contributed by atoms with E-state index in [0.29, 0.717) is 25.1 Å². The Morgan fingerprint density at radius 3 is 2.70 bits per heavy atom. The Morgan fingerprint density at radius 1 is 1.19 bits per heavy atom. The van der Waals surface area contributed by atoms with Gasteiger partial charge in [0.15, 0.2) is 6.10 Å². The topological polar surface area (TPSA) is 102 Å². The molecule has 0 fully saturated rings. The molecule has 2 radical (unpaired) electrons. The Kier molecular flexibility index (Phi) is 9.06. The minimum absolute atomic E-state index is 0.00522. The predicted molar refractivity (Wildman–Crippen MR) is 151 cm³/mol. The van der Waals surface area contributed by atoms with Gasteiger partial charge in [-0.3, -0.25) is 4.68 Å². The first kappa shape index (κ1) is 30.5. The van der Waals surface area contributed by atoms with Crippen LogP contribution in [0.4, 0.5) is 17.6 Å². The first-order valence-corrected chi connectivity index (χ1v) is 14.2. The molecule has 5 rings (SSSR count). The van der Waals surface area contributed by atoms with E-state index in [1.807, 2.05) is 0 Å². The summed E-state index contributed by atoms with van der Waals surface area (Å²) >= 11 is 4.67. The number of nitrogens with zero attached hydrogens (tertiary/aromatic N) is 4. The molecule has 0 spiro atoms. The Balaban J connectivity index is 1.45. The van der Waals surface area contributed by atoms with Gasteiger partial charge in [0.05, 0.1) is 34.9 Å². The average Bonchev–Trinajstić information content (AvgIpc) is 3.68. The van der Waals surface area contributed by atoms with E-state index in [1.165, 1.54) is 42.1 Å². The van der Waals surface area contributed by atoms with Crippen LogP contribution in [0.25, 0.3) is 20.9 Å². The number of hydrogen-bond donors (Lipinski definition) is 0. The van der Waals surface area contributed by atoms with Crippen LogP contribution in [0.3, 0.4) is 0 Å². The van der Waals surface area contributed by atoms with Gasteiger partial charge >= 0.3 is 12.1 Å². The van der Waals surface area contributed by atoms with Crippen LogP contribution in [0.2, 0.25) is 0 Å². The van der Waals surface area contributed by atoms with Crippen molar-refractivity contribution in [3.63, 3.8) is 0 Å². The molecule has 16 heteroatoms. The molecule has 0 aliphatic rings. The molecule has 0 N–H and O–H groups in total. The quantitative estimate of drug-likeness (QED) is 0.0898. The number of benzene rings is 1. The molecule has 9 nitrogen and oxygen atoms in total. The first-order valence-electron chi connectivity index (χ1n) is 12.6. The van der Waals surface area contributed by atoms with Crippen molar-refractivity contribution in [3.05, 3.63) is 76.7 Å². The number of alkyl halides is 3. The smallest absolute Gasteiger partial charge is 0.408 e. The van der Waals surface area contributed by atoms with Crippen molar-refractivity contribution in [3.8, 4) is 22.3 Å². The van der Waals surface area contributed by atoms with Gasteiger partial charge in [0.2, 0.25) is 5.88 Å². The van der Waals surface area contributed by atoms with Gasteiger partial charge in [-0.15, -0.1) is 11.3 Å². The van der Waals surface area contributed by atoms with Crippen molar-refractivity contribution in [2.75, 3.05) is 6.61 Å². The molecule has 222 valence electrons. The fourth-order valence-electron chi connectivity index (χ4n) is 4.17. The molecule has 43 heavy (non-hydrogen) atoms. The van der Waals surface area contributed by atoms with Crippen LogP contribution in [-0.4, -0.2) is 52.5 Å². The number of rotatable bonds is 11. The highest BCUT2D eigenvalue weighted by Gasteiger charge is 2.33. The highest BCUT2D eigenvalue weighted by atomic mass is 79.9. The molecule has 0 amide bonds. The van der Waals surface area contributed by atoms with Crippen LogP contribution in [0, 0.1) is 6.01 Å². The number of thiophene rings is 1. The Bertz CT molecular complexity index is 1740. The second kappa shape index (κ2) is 12.8. The lowest BCUT2D eigenvalue weighted by Gasteiger charge is -2.25. The summed E-state index contributed by atoms with van der Waals surface area (Å²) in [6.45, 7) is 0.118. The van der Waals surface area contributed by atoms with E-state index in [2.05, 4.69) is 31.0 Å². The molecule has 1 aromatic carbocycles. The minimum Gasteiger partial charge on any atom is -0.487 e. The minimum atomic E-state index is -4.47. The Morgan fingerprint density at radius 2 is 1.98 bits per heavy atom. The third kappa shape index (κ3) is 6.85. The second-order valence-corrected chi connectivity index (χ2v) is 10.7. The van der Waals surface area contributed by atoms with Gasteiger partial charge in [0, 0.05) is 12.3 Å². The van der Waals surface area contributed by atoms with E-state index in [-0.39, 0.29) is 36.3 Å². The molecule has 0 bridgehead atoms. The number of carbonyl (C=O) groups excluding carboxylic acids is 1. The van der Waals surface area contributed by atoms with Crippen LogP contribution >= 0.6 is 27.3 Å². The summed E-state index contributed by atoms with van der Waals surface area (Å²) in [6, 6.07) is 9.75. The number of ether oxygens (including phenoxy) is 3. The van der Waals surface area contributed by atoms with Gasteiger partial charge in [0.25, 0.3) is 6.01 Å². The molecule has 0 aliphatic heterocycles. The highest BCUT2D eigenvalue weighted by Crippen LogP contribution is 2.45. The monoisotopic (exact) mass is 678 g/mol. The van der Waals surface area contributed by atoms with Crippen LogP contribution in [0.15, 0.2) is 63.9 Å². The maximum Gasteiger partial charge on any atom is 0.408 e. The molecular formula is C27H20BBrF4N4O5S. The summed E-state index contributed by atoms with van der Waals surface area (Å²) in [5.74, 6) is -1.51. The summed E-state index contributed by atoms with van der Waals surface area (Å²) in [4.78, 5) is 22.6. The number of esters is 1. The number of halogens is 5. The van der Waals surface area contributed by atoms with Crippen molar-refractivity contribution in [1.29, 1.82) is 0 Å². The van der Waals surface area contributed by atoms with Gasteiger partial charge in [-0.1, -0.05) is 18.2 Å². The lowest BCUT2D eigenvalue weighted by atomic mass is 9.76. The van der Waals surface area contributed by atoms with Gasteiger partial charge in [-0.2, -0.15) is 22.7 Å². The molecule has 0 aliphatic carbocycles. The predicted octanol–water partition coefficient (Wildman–Crippen LogP) is 6.41. The van der Waals surface area contributed by atoms with Crippen molar-refractivity contribution < 1.29 is 41.0 Å². The largest absolute Gasteiger partial charge is 0.487 e. The van der Waals surface area contributed by atoms with Gasteiger partial charge in [-0.25, -0.2) is 14.8 Å². The standard InChI is InChI=1S/C27H20BBrF4N4O5S/c1-2-39-26(38)22(42-24-19-21(29)23(17-7-8-18(30)41-17)43-25(19)35-13-34-24)20(28)15-5-3-4-6-16(15)40-11-14-9-10-36-37(14)12-27(31,32)33/h3-10,13,20,22H,2,11-12H2,1H3. The van der Waals surface area contributed by atoms with Crippen LogP contribution in [-0.2, 0) is 22.7 Å². The summed E-state index contributed by atoms with van der Waals surface area (Å²) < 4.78 is 75.9. The molecule has 2 atom stereocenters. The van der Waals surface area contributed by atoms with Crippen LogP contribution < -0.4 is 9.47 Å². The number of para-hydroxylation sites is 1. The average molecular weight is 679 g/mol.